The highest BCUT2D eigenvalue weighted by Crippen LogP contribution is 2.11. The van der Waals surface area contributed by atoms with Gasteiger partial charge in [-0.15, -0.1) is 0 Å². The Bertz CT molecular complexity index is 692. The molecule has 0 spiro atoms. The predicted molar refractivity (Wildman–Crippen MR) is 124 cm³/mol. The number of nitrogens with one attached hydrogen (secondary N) is 3. The third-order valence-corrected chi connectivity index (χ3v) is 5.77. The van der Waals surface area contributed by atoms with E-state index in [4.69, 9.17) is 11.5 Å². The van der Waals surface area contributed by atoms with Crippen LogP contribution in [0.5, 0.6) is 0 Å². The lowest BCUT2D eigenvalue weighted by atomic mass is 9.97. The number of carboxylic acids is 1. The van der Waals surface area contributed by atoms with Gasteiger partial charge < -0.3 is 37.6 Å². The van der Waals surface area contributed by atoms with Gasteiger partial charge in [-0.2, -0.15) is 11.8 Å². The van der Waals surface area contributed by atoms with Crippen LogP contribution in [0.4, 0.5) is 0 Å². The first-order valence-corrected chi connectivity index (χ1v) is 12.1. The van der Waals surface area contributed by atoms with E-state index in [0.717, 1.165) is 0 Å². The molecule has 12 nitrogen and oxygen atoms in total. The van der Waals surface area contributed by atoms with Crippen LogP contribution >= 0.6 is 11.8 Å². The van der Waals surface area contributed by atoms with Crippen LogP contribution in [0.3, 0.4) is 0 Å². The zero-order chi connectivity index (χ0) is 25.7. The number of carboxylic acid groups (broad SMARTS) is 1. The van der Waals surface area contributed by atoms with E-state index >= 15 is 0 Å². The van der Waals surface area contributed by atoms with E-state index in [1.807, 2.05) is 13.2 Å². The van der Waals surface area contributed by atoms with Crippen LogP contribution in [0, 0.1) is 5.92 Å². The molecule has 0 aromatic rings. The number of rotatable bonds is 16. The molecular weight excluding hydrogens is 454 g/mol. The molecule has 0 aliphatic rings. The van der Waals surface area contributed by atoms with Crippen LogP contribution in [0.15, 0.2) is 0 Å². The van der Waals surface area contributed by atoms with E-state index in [1.54, 1.807) is 6.92 Å². The quantitative estimate of drug-likeness (QED) is 0.131. The maximum atomic E-state index is 13.0. The highest BCUT2D eigenvalue weighted by atomic mass is 32.2. The average molecular weight is 492 g/mol. The summed E-state index contributed by atoms with van der Waals surface area (Å²) in [5, 5.41) is 26.2. The number of aliphatic hydroxyl groups excluding tert-OH is 1. The minimum Gasteiger partial charge on any atom is -0.480 e. The van der Waals surface area contributed by atoms with Crippen LogP contribution < -0.4 is 27.4 Å². The number of nitrogens with two attached hydrogens (primary N) is 2. The van der Waals surface area contributed by atoms with Gasteiger partial charge in [0.15, 0.2) is 6.04 Å². The van der Waals surface area contributed by atoms with Gasteiger partial charge in [0.2, 0.25) is 23.6 Å². The van der Waals surface area contributed by atoms with E-state index in [-0.39, 0.29) is 25.2 Å². The van der Waals surface area contributed by atoms with E-state index in [1.165, 1.54) is 18.7 Å². The number of hydrogen-bond donors (Lipinski definition) is 7. The molecule has 13 heteroatoms. The Kier molecular flexibility index (Phi) is 14.3. The number of hydrogen-bond acceptors (Lipinski definition) is 8. The summed E-state index contributed by atoms with van der Waals surface area (Å²) in [7, 11) is 0. The molecule has 0 saturated heterocycles. The van der Waals surface area contributed by atoms with Gasteiger partial charge in [0.25, 0.3) is 0 Å². The Hall–Kier alpha value is -2.38. The topological polar surface area (TPSA) is 214 Å². The molecule has 0 aromatic heterocycles. The first kappa shape index (κ1) is 30.6. The average Bonchev–Trinajstić information content (AvgIpc) is 2.74. The normalized spacial score (nSPS) is 16.4. The summed E-state index contributed by atoms with van der Waals surface area (Å²) >= 11 is 1.43. The van der Waals surface area contributed by atoms with Crippen LogP contribution in [0.2, 0.25) is 0 Å². The fourth-order valence-corrected chi connectivity index (χ4v) is 3.27. The number of aliphatic carboxylic acids is 1. The minimum absolute atomic E-state index is 0.0185. The molecular formula is C20H37N5O7S. The van der Waals surface area contributed by atoms with Crippen molar-refractivity contribution in [2.45, 2.75) is 76.7 Å². The largest absolute Gasteiger partial charge is 0.480 e. The standard InChI is InChI=1S/C20H37N5O7S/c1-5-10(2)15(24-17(28)12(21)6-7-14(22)27)19(30)23-13(8-9-33-4)18(29)25-16(11(3)26)20(31)32/h10-13,15-16,26H,5-9,21H2,1-4H3,(H2,22,27)(H,23,30)(H,24,28)(H,25,29)(H,31,32). The molecule has 0 radical (unpaired) electrons. The number of aliphatic hydroxyl groups is 1. The second kappa shape index (κ2) is 15.5. The van der Waals surface area contributed by atoms with Crippen LogP contribution in [-0.2, 0) is 24.0 Å². The summed E-state index contributed by atoms with van der Waals surface area (Å²) in [5.74, 6) is -3.88. The summed E-state index contributed by atoms with van der Waals surface area (Å²) in [6.45, 7) is 4.79. The fraction of sp³-hybridized carbons (Fsp3) is 0.750. The highest BCUT2D eigenvalue weighted by Gasteiger charge is 2.33. The van der Waals surface area contributed by atoms with Crippen molar-refractivity contribution in [2.75, 3.05) is 12.0 Å². The molecule has 9 N–H and O–H groups in total. The van der Waals surface area contributed by atoms with Crippen molar-refractivity contribution in [3.05, 3.63) is 0 Å². The van der Waals surface area contributed by atoms with Crippen molar-refractivity contribution < 1.29 is 34.2 Å². The van der Waals surface area contributed by atoms with Crippen molar-refractivity contribution in [3.8, 4) is 0 Å². The second-order valence-electron chi connectivity index (χ2n) is 7.89. The number of amides is 4. The lowest BCUT2D eigenvalue weighted by Gasteiger charge is -2.28. The van der Waals surface area contributed by atoms with E-state index in [0.29, 0.717) is 12.2 Å². The molecule has 0 aromatic carbocycles. The van der Waals surface area contributed by atoms with E-state index in [9.17, 15) is 34.2 Å². The number of carbonyl (C=O) groups is 5. The highest BCUT2D eigenvalue weighted by molar-refractivity contribution is 7.98. The molecule has 190 valence electrons. The van der Waals surface area contributed by atoms with Gasteiger partial charge in [-0.25, -0.2) is 4.79 Å². The van der Waals surface area contributed by atoms with Gasteiger partial charge >= 0.3 is 5.97 Å². The molecule has 4 amide bonds. The molecule has 0 rings (SSSR count). The molecule has 6 unspecified atom stereocenters. The Morgan fingerprint density at radius 2 is 1.52 bits per heavy atom. The third kappa shape index (κ3) is 11.3. The lowest BCUT2D eigenvalue weighted by Crippen LogP contribution is -2.59. The van der Waals surface area contributed by atoms with Crippen molar-refractivity contribution in [3.63, 3.8) is 0 Å². The molecule has 0 aliphatic carbocycles. The molecule has 0 fully saturated rings. The van der Waals surface area contributed by atoms with Gasteiger partial charge in [0.05, 0.1) is 12.1 Å². The Morgan fingerprint density at radius 1 is 0.939 bits per heavy atom. The SMILES string of the molecule is CCC(C)C(NC(=O)C(N)CCC(N)=O)C(=O)NC(CCSC)C(=O)NC(C(=O)O)C(C)O. The summed E-state index contributed by atoms with van der Waals surface area (Å²) in [4.78, 5) is 60.3. The van der Waals surface area contributed by atoms with Crippen molar-refractivity contribution in [1.82, 2.24) is 16.0 Å². The zero-order valence-corrected chi connectivity index (χ0v) is 20.3. The fourth-order valence-electron chi connectivity index (χ4n) is 2.80. The van der Waals surface area contributed by atoms with Gasteiger partial charge in [-0.05, 0) is 37.7 Å². The van der Waals surface area contributed by atoms with Crippen LogP contribution in [-0.4, -0.2) is 82.1 Å². The maximum Gasteiger partial charge on any atom is 0.328 e. The Labute approximate surface area is 198 Å². The third-order valence-electron chi connectivity index (χ3n) is 5.12. The van der Waals surface area contributed by atoms with Gasteiger partial charge in [-0.3, -0.25) is 19.2 Å². The summed E-state index contributed by atoms with van der Waals surface area (Å²) in [6, 6.07) is -4.69. The molecule has 33 heavy (non-hydrogen) atoms. The van der Waals surface area contributed by atoms with E-state index < -0.39 is 59.9 Å². The van der Waals surface area contributed by atoms with Gasteiger partial charge in [-0.1, -0.05) is 20.3 Å². The maximum absolute atomic E-state index is 13.0. The summed E-state index contributed by atoms with van der Waals surface area (Å²) in [5.41, 5.74) is 10.9. The van der Waals surface area contributed by atoms with Crippen molar-refractivity contribution in [2.24, 2.45) is 17.4 Å². The Morgan fingerprint density at radius 3 is 1.97 bits per heavy atom. The minimum atomic E-state index is -1.54. The Balaban J connectivity index is 5.47. The number of carbonyl (C=O) groups excluding carboxylic acids is 4. The van der Waals surface area contributed by atoms with Crippen LogP contribution in [0.25, 0.3) is 0 Å². The first-order valence-electron chi connectivity index (χ1n) is 10.7. The van der Waals surface area contributed by atoms with Crippen LogP contribution in [0.1, 0.15) is 46.5 Å². The van der Waals surface area contributed by atoms with Gasteiger partial charge in [0, 0.05) is 6.42 Å². The van der Waals surface area contributed by atoms with Gasteiger partial charge in [0.1, 0.15) is 12.1 Å². The molecule has 6 atom stereocenters. The first-order chi connectivity index (χ1) is 15.3. The van der Waals surface area contributed by atoms with Crippen molar-refractivity contribution >= 4 is 41.4 Å². The summed E-state index contributed by atoms with van der Waals surface area (Å²) in [6.07, 6.45) is 1.12. The molecule has 0 bridgehead atoms. The smallest absolute Gasteiger partial charge is 0.328 e. The zero-order valence-electron chi connectivity index (χ0n) is 19.5. The van der Waals surface area contributed by atoms with Crippen molar-refractivity contribution in [1.29, 1.82) is 0 Å². The predicted octanol–water partition coefficient (Wildman–Crippen LogP) is -1.70. The molecule has 0 heterocycles. The summed E-state index contributed by atoms with van der Waals surface area (Å²) < 4.78 is 0. The lowest BCUT2D eigenvalue weighted by molar-refractivity contribution is -0.145. The monoisotopic (exact) mass is 491 g/mol. The van der Waals surface area contributed by atoms with E-state index in [2.05, 4.69) is 16.0 Å². The molecule has 0 aliphatic heterocycles. The second-order valence-corrected chi connectivity index (χ2v) is 8.88. The molecule has 0 saturated carbocycles. The number of primary amides is 1. The number of thioether (sulfide) groups is 1.